The topological polar surface area (TPSA) is 63.9 Å². The normalized spacial score (nSPS) is 15.6. The largest absolute Gasteiger partial charge is 0.493 e. The minimum Gasteiger partial charge on any atom is -0.493 e. The maximum Gasteiger partial charge on any atom is 0.165 e. The van der Waals surface area contributed by atoms with Crippen LogP contribution < -0.4 is 10.1 Å². The Morgan fingerprint density at radius 3 is 3.11 bits per heavy atom. The average Bonchev–Trinajstić information content (AvgIpc) is 3.11. The van der Waals surface area contributed by atoms with Gasteiger partial charge in [0.25, 0.3) is 0 Å². The Morgan fingerprint density at radius 2 is 2.21 bits per heavy atom. The Morgan fingerprint density at radius 1 is 1.29 bits per heavy atom. The molecule has 28 heavy (non-hydrogen) atoms. The quantitative estimate of drug-likeness (QED) is 0.748. The molecule has 0 saturated heterocycles. The second kappa shape index (κ2) is 8.53. The van der Waals surface area contributed by atoms with E-state index >= 15 is 0 Å². The molecule has 0 unspecified atom stereocenters. The van der Waals surface area contributed by atoms with Crippen LogP contribution in [0, 0.1) is 5.82 Å². The molecule has 0 radical (unpaired) electrons. The van der Waals surface area contributed by atoms with E-state index in [0.29, 0.717) is 30.2 Å². The van der Waals surface area contributed by atoms with E-state index in [4.69, 9.17) is 9.47 Å². The van der Waals surface area contributed by atoms with Crippen LogP contribution in [-0.2, 0) is 4.74 Å². The summed E-state index contributed by atoms with van der Waals surface area (Å²) < 4.78 is 26.9. The van der Waals surface area contributed by atoms with E-state index in [9.17, 15) is 4.39 Å². The smallest absolute Gasteiger partial charge is 0.165 e. The zero-order valence-electron chi connectivity index (χ0n) is 15.9. The van der Waals surface area contributed by atoms with Gasteiger partial charge in [0.1, 0.15) is 17.4 Å². The van der Waals surface area contributed by atoms with Crippen molar-refractivity contribution in [2.24, 2.45) is 0 Å². The number of nitrogens with zero attached hydrogens (tertiary/aromatic N) is 4. The lowest BCUT2D eigenvalue weighted by atomic mass is 10.1. The third-order valence-electron chi connectivity index (χ3n) is 4.78. The Labute approximate surface area is 163 Å². The van der Waals surface area contributed by atoms with Gasteiger partial charge in [0.2, 0.25) is 0 Å². The second-order valence-corrected chi connectivity index (χ2v) is 6.78. The Hall–Kier alpha value is -2.71. The van der Waals surface area contributed by atoms with E-state index in [1.165, 1.54) is 12.1 Å². The highest BCUT2D eigenvalue weighted by Crippen LogP contribution is 2.29. The van der Waals surface area contributed by atoms with Crippen molar-refractivity contribution in [1.29, 1.82) is 0 Å². The minimum atomic E-state index is -0.341. The van der Waals surface area contributed by atoms with Gasteiger partial charge in [-0.15, -0.1) is 0 Å². The lowest BCUT2D eigenvalue weighted by molar-refractivity contribution is 0.145. The molecule has 0 spiro atoms. The number of ether oxygens (including phenoxy) is 2. The number of nitrogens with one attached hydrogen (secondary N) is 1. The van der Waals surface area contributed by atoms with Gasteiger partial charge < -0.3 is 14.8 Å². The van der Waals surface area contributed by atoms with Crippen molar-refractivity contribution in [2.45, 2.75) is 6.42 Å². The molecule has 8 heteroatoms. The van der Waals surface area contributed by atoms with Gasteiger partial charge in [0.05, 0.1) is 19.4 Å². The molecule has 3 heterocycles. The lowest BCUT2D eigenvalue weighted by Crippen LogP contribution is -2.33. The van der Waals surface area contributed by atoms with Crippen LogP contribution in [0.4, 0.5) is 10.2 Å². The first kappa shape index (κ1) is 18.6. The molecule has 1 aromatic carbocycles. The summed E-state index contributed by atoms with van der Waals surface area (Å²) in [7, 11) is 1.71. The number of aromatic nitrogens is 3. The first-order valence-electron chi connectivity index (χ1n) is 9.46. The Balaban J connectivity index is 1.68. The van der Waals surface area contributed by atoms with Crippen LogP contribution in [-0.4, -0.2) is 66.0 Å². The molecule has 7 nitrogen and oxygen atoms in total. The van der Waals surface area contributed by atoms with Crippen molar-refractivity contribution in [3.63, 3.8) is 0 Å². The van der Waals surface area contributed by atoms with Gasteiger partial charge in [-0.25, -0.2) is 13.9 Å². The van der Waals surface area contributed by atoms with Crippen molar-refractivity contribution in [3.8, 4) is 16.9 Å². The predicted molar refractivity (Wildman–Crippen MR) is 105 cm³/mol. The molecule has 0 atom stereocenters. The zero-order chi connectivity index (χ0) is 19.3. The highest BCUT2D eigenvalue weighted by atomic mass is 19.1. The number of methoxy groups -OCH3 is 1. The van der Waals surface area contributed by atoms with Crippen molar-refractivity contribution >= 4 is 11.5 Å². The molecule has 148 valence electrons. The van der Waals surface area contributed by atoms with Gasteiger partial charge in [-0.1, -0.05) is 0 Å². The van der Waals surface area contributed by atoms with E-state index in [1.54, 1.807) is 17.8 Å². The van der Waals surface area contributed by atoms with E-state index in [1.807, 2.05) is 18.3 Å². The SMILES string of the molecule is COCCN1CCCOc2cc(F)cc(c2)-c2cnn3ccc(nc23)NCC1. The summed E-state index contributed by atoms with van der Waals surface area (Å²) in [5.74, 6) is 0.942. The van der Waals surface area contributed by atoms with Gasteiger partial charge >= 0.3 is 0 Å². The number of fused-ring (bicyclic) bond motifs is 4. The molecule has 1 aliphatic heterocycles. The molecule has 4 rings (SSSR count). The molecule has 3 aromatic rings. The van der Waals surface area contributed by atoms with E-state index in [2.05, 4.69) is 20.3 Å². The van der Waals surface area contributed by atoms with Gasteiger partial charge in [-0.05, 0) is 30.2 Å². The lowest BCUT2D eigenvalue weighted by Gasteiger charge is -2.22. The zero-order valence-corrected chi connectivity index (χ0v) is 15.9. The third-order valence-corrected chi connectivity index (χ3v) is 4.78. The first-order valence-corrected chi connectivity index (χ1v) is 9.46. The molecule has 1 N–H and O–H groups in total. The summed E-state index contributed by atoms with van der Waals surface area (Å²) in [4.78, 5) is 7.00. The fourth-order valence-electron chi connectivity index (χ4n) is 3.35. The highest BCUT2D eigenvalue weighted by molar-refractivity contribution is 5.78. The Bertz CT molecular complexity index is 945. The molecule has 0 amide bonds. The van der Waals surface area contributed by atoms with Crippen LogP contribution in [0.3, 0.4) is 0 Å². The second-order valence-electron chi connectivity index (χ2n) is 6.78. The van der Waals surface area contributed by atoms with Gasteiger partial charge in [0, 0.05) is 51.1 Å². The fourth-order valence-corrected chi connectivity index (χ4v) is 3.35. The van der Waals surface area contributed by atoms with Crippen molar-refractivity contribution in [1.82, 2.24) is 19.5 Å². The van der Waals surface area contributed by atoms with Crippen molar-refractivity contribution < 1.29 is 13.9 Å². The van der Waals surface area contributed by atoms with Crippen LogP contribution >= 0.6 is 0 Å². The van der Waals surface area contributed by atoms with Crippen LogP contribution in [0.2, 0.25) is 0 Å². The fraction of sp³-hybridized carbons (Fsp3) is 0.400. The van der Waals surface area contributed by atoms with E-state index < -0.39 is 0 Å². The first-order chi connectivity index (χ1) is 13.7. The summed E-state index contributed by atoms with van der Waals surface area (Å²) in [6.07, 6.45) is 4.40. The van der Waals surface area contributed by atoms with Gasteiger partial charge in [-0.2, -0.15) is 5.10 Å². The number of rotatable bonds is 3. The Kier molecular flexibility index (Phi) is 5.68. The van der Waals surface area contributed by atoms with Crippen LogP contribution in [0.15, 0.2) is 36.7 Å². The number of anilines is 1. The van der Waals surface area contributed by atoms with Gasteiger partial charge in [-0.3, -0.25) is 4.90 Å². The average molecular weight is 385 g/mol. The van der Waals surface area contributed by atoms with Crippen LogP contribution in [0.1, 0.15) is 6.42 Å². The molecular formula is C20H24FN5O2. The van der Waals surface area contributed by atoms with E-state index in [-0.39, 0.29) is 5.82 Å². The predicted octanol–water partition coefficient (Wildman–Crippen LogP) is 2.68. The number of halogens is 1. The summed E-state index contributed by atoms with van der Waals surface area (Å²) in [6, 6.07) is 6.62. The molecular weight excluding hydrogens is 361 g/mol. The molecule has 1 aliphatic rings. The summed E-state index contributed by atoms with van der Waals surface area (Å²) in [5, 5.41) is 7.71. The number of hydrogen-bond donors (Lipinski definition) is 1. The molecule has 0 saturated carbocycles. The third kappa shape index (κ3) is 4.23. The molecule has 4 bridgehead atoms. The van der Waals surface area contributed by atoms with Crippen LogP contribution in [0.25, 0.3) is 16.8 Å². The summed E-state index contributed by atoms with van der Waals surface area (Å²) in [5.41, 5.74) is 2.14. The molecule has 0 aliphatic carbocycles. The number of benzene rings is 1. The monoisotopic (exact) mass is 385 g/mol. The maximum atomic E-state index is 14.2. The van der Waals surface area contributed by atoms with Crippen molar-refractivity contribution in [2.75, 3.05) is 51.8 Å². The summed E-state index contributed by atoms with van der Waals surface area (Å²) >= 11 is 0. The highest BCUT2D eigenvalue weighted by Gasteiger charge is 2.13. The minimum absolute atomic E-state index is 0.341. The van der Waals surface area contributed by atoms with Crippen molar-refractivity contribution in [3.05, 3.63) is 42.5 Å². The summed E-state index contributed by atoms with van der Waals surface area (Å²) in [6.45, 7) is 4.56. The standard InChI is InChI=1S/C20H24FN5O2/c1-27-10-8-25-5-2-9-28-17-12-15(11-16(21)13-17)18-14-23-26-6-3-19(22-4-7-25)24-20(18)26/h3,6,11-14H,2,4-5,7-10H2,1H3,(H,22,24). The maximum absolute atomic E-state index is 14.2. The molecule has 2 aromatic heterocycles. The number of hydrogen-bond acceptors (Lipinski definition) is 6. The van der Waals surface area contributed by atoms with Crippen LogP contribution in [0.5, 0.6) is 5.75 Å². The molecule has 0 fully saturated rings. The van der Waals surface area contributed by atoms with E-state index in [0.717, 1.165) is 44.0 Å². The van der Waals surface area contributed by atoms with Gasteiger partial charge in [0.15, 0.2) is 5.65 Å².